The predicted octanol–water partition coefficient (Wildman–Crippen LogP) is 3.60. The van der Waals surface area contributed by atoms with Gasteiger partial charge in [-0.1, -0.05) is 36.9 Å². The normalized spacial score (nSPS) is 15.7. The summed E-state index contributed by atoms with van der Waals surface area (Å²) in [6, 6.07) is 9.99. The lowest BCUT2D eigenvalue weighted by Crippen LogP contribution is -2.44. The molecule has 0 bridgehead atoms. The van der Waals surface area contributed by atoms with Gasteiger partial charge in [0.25, 0.3) is 0 Å². The number of anilines is 3. The molecule has 1 aliphatic heterocycles. The quantitative estimate of drug-likeness (QED) is 0.326. The van der Waals surface area contributed by atoms with E-state index in [1.165, 1.54) is 6.08 Å². The molecule has 0 saturated carbocycles. The van der Waals surface area contributed by atoms with Gasteiger partial charge in [0.05, 0.1) is 17.3 Å². The van der Waals surface area contributed by atoms with E-state index in [-0.39, 0.29) is 18.7 Å². The smallest absolute Gasteiger partial charge is 0.246 e. The van der Waals surface area contributed by atoms with Gasteiger partial charge in [0.2, 0.25) is 11.9 Å². The Balaban J connectivity index is 1.59. The Morgan fingerprint density at radius 2 is 2.08 bits per heavy atom. The summed E-state index contributed by atoms with van der Waals surface area (Å²) in [4.78, 5) is 23.7. The minimum atomic E-state index is -0.224. The topological polar surface area (TPSA) is 113 Å². The number of rotatable bonds is 8. The van der Waals surface area contributed by atoms with Crippen LogP contribution in [0.5, 0.6) is 0 Å². The summed E-state index contributed by atoms with van der Waals surface area (Å²) in [5.41, 5.74) is 3.29. The average Bonchev–Trinajstić information content (AvgIpc) is 3.53. The molecule has 186 valence electrons. The summed E-state index contributed by atoms with van der Waals surface area (Å²) >= 11 is 0. The minimum absolute atomic E-state index is 0.0116. The maximum atomic E-state index is 12.2. The van der Waals surface area contributed by atoms with Gasteiger partial charge in [-0.05, 0) is 31.4 Å². The van der Waals surface area contributed by atoms with Gasteiger partial charge in [0.1, 0.15) is 18.2 Å². The fraction of sp³-hybridized carbons (Fsp3) is 0.308. The molecule has 4 heterocycles. The van der Waals surface area contributed by atoms with Crippen LogP contribution in [-0.2, 0) is 18.1 Å². The summed E-state index contributed by atoms with van der Waals surface area (Å²) in [7, 11) is 0. The molecule has 3 aromatic heterocycles. The molecule has 10 heteroatoms. The molecule has 0 aliphatic carbocycles. The van der Waals surface area contributed by atoms with Crippen molar-refractivity contribution in [2.45, 2.75) is 39.1 Å². The van der Waals surface area contributed by atoms with Crippen LogP contribution in [0.2, 0.25) is 0 Å². The van der Waals surface area contributed by atoms with Gasteiger partial charge in [-0.2, -0.15) is 15.1 Å². The molecule has 5 rings (SSSR count). The van der Waals surface area contributed by atoms with Gasteiger partial charge in [0, 0.05) is 43.6 Å². The molecule has 36 heavy (non-hydrogen) atoms. The van der Waals surface area contributed by atoms with E-state index < -0.39 is 0 Å². The van der Waals surface area contributed by atoms with Gasteiger partial charge >= 0.3 is 0 Å². The van der Waals surface area contributed by atoms with Gasteiger partial charge < -0.3 is 25.2 Å². The number of aliphatic hydroxyl groups excluding tert-OH is 1. The molecule has 1 aromatic carbocycles. The highest BCUT2D eigenvalue weighted by molar-refractivity contribution is 6.02. The Kier molecular flexibility index (Phi) is 6.68. The summed E-state index contributed by atoms with van der Waals surface area (Å²) in [5, 5.41) is 22.1. The van der Waals surface area contributed by atoms with E-state index in [4.69, 9.17) is 9.97 Å². The lowest BCUT2D eigenvalue weighted by atomic mass is 10.0. The van der Waals surface area contributed by atoms with Crippen molar-refractivity contribution in [3.63, 3.8) is 0 Å². The lowest BCUT2D eigenvalue weighted by molar-refractivity contribution is -0.127. The fourth-order valence-corrected chi connectivity index (χ4v) is 4.64. The van der Waals surface area contributed by atoms with E-state index in [0.717, 1.165) is 41.6 Å². The first-order chi connectivity index (χ1) is 17.6. The number of amides is 1. The van der Waals surface area contributed by atoms with E-state index in [1.807, 2.05) is 59.2 Å². The second kappa shape index (κ2) is 10.2. The Morgan fingerprint density at radius 1 is 1.25 bits per heavy atom. The molecule has 1 fully saturated rings. The predicted molar refractivity (Wildman–Crippen MR) is 140 cm³/mol. The number of piperidine rings is 1. The van der Waals surface area contributed by atoms with Crippen LogP contribution in [0.4, 0.5) is 17.5 Å². The van der Waals surface area contributed by atoms with E-state index in [2.05, 4.69) is 22.3 Å². The molecule has 1 atom stereocenters. The molecule has 0 radical (unpaired) electrons. The van der Waals surface area contributed by atoms with Crippen LogP contribution in [0.25, 0.3) is 22.2 Å². The third kappa shape index (κ3) is 4.67. The molecule has 0 spiro atoms. The zero-order valence-electron chi connectivity index (χ0n) is 20.3. The molecule has 1 saturated heterocycles. The highest BCUT2D eigenvalue weighted by atomic mass is 16.3. The molecule has 1 aliphatic rings. The standard InChI is InChI=1S/C26H30N8O2/c1-3-22(36)32-12-8-11-19(14-32)28-24-23-21(18-9-6-5-7-10-18)16-33(17-35)25(23)31-26(30-24)29-20-13-27-34(4-2)15-20/h3,5-7,9-10,13,15-16,19,35H,1,4,8,11-12,14,17H2,2H3,(H2,28,29,30,31). The zero-order valence-corrected chi connectivity index (χ0v) is 20.3. The molecule has 10 nitrogen and oxygen atoms in total. The van der Waals surface area contributed by atoms with E-state index in [0.29, 0.717) is 30.5 Å². The number of carbonyl (C=O) groups excluding carboxylic acids is 1. The number of benzene rings is 1. The average molecular weight is 487 g/mol. The largest absolute Gasteiger partial charge is 0.376 e. The van der Waals surface area contributed by atoms with Gasteiger partial charge in [0.15, 0.2) is 0 Å². The molecule has 4 aromatic rings. The number of hydrogen-bond acceptors (Lipinski definition) is 7. The van der Waals surface area contributed by atoms with E-state index in [9.17, 15) is 9.90 Å². The number of nitrogens with zero attached hydrogens (tertiary/aromatic N) is 6. The fourth-order valence-electron chi connectivity index (χ4n) is 4.64. The van der Waals surface area contributed by atoms with Crippen molar-refractivity contribution in [2.24, 2.45) is 0 Å². The van der Waals surface area contributed by atoms with Crippen LogP contribution in [0.3, 0.4) is 0 Å². The van der Waals surface area contributed by atoms with Crippen molar-refractivity contribution in [1.82, 2.24) is 29.2 Å². The number of aliphatic hydroxyl groups is 1. The molecule has 3 N–H and O–H groups in total. The first-order valence-electron chi connectivity index (χ1n) is 12.1. The first kappa shape index (κ1) is 23.6. The third-order valence-electron chi connectivity index (χ3n) is 6.42. The Morgan fingerprint density at radius 3 is 2.81 bits per heavy atom. The van der Waals surface area contributed by atoms with Crippen LogP contribution < -0.4 is 10.6 Å². The summed E-state index contributed by atoms with van der Waals surface area (Å²) in [6.45, 7) is 7.45. The van der Waals surface area contributed by atoms with Crippen LogP contribution >= 0.6 is 0 Å². The highest BCUT2D eigenvalue weighted by Gasteiger charge is 2.25. The summed E-state index contributed by atoms with van der Waals surface area (Å²) in [6.07, 6.45) is 8.66. The maximum absolute atomic E-state index is 12.2. The van der Waals surface area contributed by atoms with Crippen LogP contribution in [0.1, 0.15) is 19.8 Å². The lowest BCUT2D eigenvalue weighted by Gasteiger charge is -2.33. The number of fused-ring (bicyclic) bond motifs is 1. The zero-order chi connectivity index (χ0) is 25.1. The van der Waals surface area contributed by atoms with Crippen molar-refractivity contribution in [3.05, 3.63) is 61.6 Å². The van der Waals surface area contributed by atoms with Gasteiger partial charge in [-0.25, -0.2) is 0 Å². The second-order valence-electron chi connectivity index (χ2n) is 8.80. The SMILES string of the molecule is C=CC(=O)N1CCCC(Nc2nc(Nc3cnn(CC)c3)nc3c2c(-c2ccccc2)cn3CO)C1. The maximum Gasteiger partial charge on any atom is 0.246 e. The molecular weight excluding hydrogens is 456 g/mol. The number of likely N-dealkylation sites (tertiary alicyclic amines) is 1. The van der Waals surface area contributed by atoms with Crippen molar-refractivity contribution < 1.29 is 9.90 Å². The summed E-state index contributed by atoms with van der Waals surface area (Å²) in [5.74, 6) is 0.971. The number of nitrogens with one attached hydrogen (secondary N) is 2. The summed E-state index contributed by atoms with van der Waals surface area (Å²) < 4.78 is 3.52. The number of hydrogen-bond donors (Lipinski definition) is 3. The Bertz CT molecular complexity index is 1380. The molecular formula is C26H30N8O2. The van der Waals surface area contributed by atoms with Crippen LogP contribution in [-0.4, -0.2) is 59.4 Å². The Hall–Kier alpha value is -4.18. The Labute approximate surface area is 209 Å². The third-order valence-corrected chi connectivity index (χ3v) is 6.42. The van der Waals surface area contributed by atoms with Crippen molar-refractivity contribution in [2.75, 3.05) is 23.7 Å². The van der Waals surface area contributed by atoms with Crippen LogP contribution in [0, 0.1) is 0 Å². The number of aromatic nitrogens is 5. The van der Waals surface area contributed by atoms with Gasteiger partial charge in [-0.3, -0.25) is 9.48 Å². The number of aryl methyl sites for hydroxylation is 1. The monoisotopic (exact) mass is 486 g/mol. The van der Waals surface area contributed by atoms with Crippen LogP contribution in [0.15, 0.2) is 61.6 Å². The van der Waals surface area contributed by atoms with Crippen molar-refractivity contribution in [3.8, 4) is 11.1 Å². The van der Waals surface area contributed by atoms with E-state index >= 15 is 0 Å². The minimum Gasteiger partial charge on any atom is -0.376 e. The molecule has 1 amide bonds. The molecule has 1 unspecified atom stereocenters. The van der Waals surface area contributed by atoms with Crippen molar-refractivity contribution in [1.29, 1.82) is 0 Å². The van der Waals surface area contributed by atoms with Gasteiger partial charge in [-0.15, -0.1) is 0 Å². The van der Waals surface area contributed by atoms with E-state index in [1.54, 1.807) is 10.8 Å². The number of carbonyl (C=O) groups is 1. The first-order valence-corrected chi connectivity index (χ1v) is 12.1. The van der Waals surface area contributed by atoms with Crippen molar-refractivity contribution >= 4 is 34.4 Å². The second-order valence-corrected chi connectivity index (χ2v) is 8.80. The highest BCUT2D eigenvalue weighted by Crippen LogP contribution is 2.36.